The fourth-order valence-electron chi connectivity index (χ4n) is 3.80. The van der Waals surface area contributed by atoms with Crippen LogP contribution in [0.2, 0.25) is 0 Å². The lowest BCUT2D eigenvalue weighted by Gasteiger charge is -2.26. The zero-order valence-corrected chi connectivity index (χ0v) is 16.9. The highest BCUT2D eigenvalue weighted by Crippen LogP contribution is 2.33. The molecule has 0 unspecified atom stereocenters. The van der Waals surface area contributed by atoms with E-state index in [-0.39, 0.29) is 18.4 Å². The molecule has 2 aromatic rings. The normalized spacial score (nSPS) is 18.6. The number of aryl methyl sites for hydroxylation is 1. The molecule has 1 fully saturated rings. The van der Waals surface area contributed by atoms with E-state index < -0.39 is 11.6 Å². The summed E-state index contributed by atoms with van der Waals surface area (Å²) in [6.07, 6.45) is 1.90. The quantitative estimate of drug-likeness (QED) is 0.677. The number of imide groups is 1. The molecule has 1 aliphatic heterocycles. The number of urea groups is 1. The van der Waals surface area contributed by atoms with E-state index in [1.165, 1.54) is 5.56 Å². The van der Waals surface area contributed by atoms with Crippen molar-refractivity contribution < 1.29 is 14.4 Å². The van der Waals surface area contributed by atoms with Crippen LogP contribution in [0.5, 0.6) is 0 Å². The van der Waals surface area contributed by atoms with E-state index in [0.29, 0.717) is 19.4 Å². The number of carbonyl (C=O) groups excluding carboxylic acids is 3. The van der Waals surface area contributed by atoms with Gasteiger partial charge in [-0.1, -0.05) is 67.9 Å². The van der Waals surface area contributed by atoms with Crippen LogP contribution in [0.3, 0.4) is 0 Å². The molecule has 1 heterocycles. The predicted octanol–water partition coefficient (Wildman–Crippen LogP) is 2.90. The van der Waals surface area contributed by atoms with Crippen LogP contribution in [0.1, 0.15) is 36.5 Å². The molecule has 0 saturated carbocycles. The van der Waals surface area contributed by atoms with Crippen LogP contribution in [0, 0.1) is 6.92 Å². The van der Waals surface area contributed by atoms with Crippen molar-refractivity contribution in [2.75, 3.05) is 13.1 Å². The van der Waals surface area contributed by atoms with Gasteiger partial charge in [0.2, 0.25) is 5.91 Å². The largest absolute Gasteiger partial charge is 0.354 e. The van der Waals surface area contributed by atoms with Gasteiger partial charge >= 0.3 is 6.03 Å². The van der Waals surface area contributed by atoms with E-state index in [1.807, 2.05) is 68.4 Å². The van der Waals surface area contributed by atoms with Gasteiger partial charge in [-0.15, -0.1) is 0 Å². The Bertz CT molecular complexity index is 897. The fraction of sp³-hybridized carbons (Fsp3) is 0.348. The number of carbonyl (C=O) groups is 3. The maximum Gasteiger partial charge on any atom is 0.325 e. The molecular weight excluding hydrogens is 366 g/mol. The molecule has 2 N–H and O–H groups in total. The van der Waals surface area contributed by atoms with Crippen LogP contribution >= 0.6 is 0 Å². The van der Waals surface area contributed by atoms with Crippen LogP contribution < -0.4 is 10.6 Å². The Hall–Kier alpha value is -3.15. The van der Waals surface area contributed by atoms with E-state index in [4.69, 9.17) is 0 Å². The number of rotatable bonds is 8. The molecule has 0 aliphatic carbocycles. The van der Waals surface area contributed by atoms with E-state index >= 15 is 0 Å². The zero-order chi connectivity index (χ0) is 20.9. The van der Waals surface area contributed by atoms with Gasteiger partial charge in [0.15, 0.2) is 0 Å². The second kappa shape index (κ2) is 8.90. The molecule has 4 amide bonds. The maximum absolute atomic E-state index is 13.2. The van der Waals surface area contributed by atoms with Crippen molar-refractivity contribution in [3.05, 3.63) is 71.3 Å². The summed E-state index contributed by atoms with van der Waals surface area (Å²) >= 11 is 0. The fourth-order valence-corrected chi connectivity index (χ4v) is 3.80. The molecule has 1 atom stereocenters. The lowest BCUT2D eigenvalue weighted by atomic mass is 9.85. The molecule has 0 bridgehead atoms. The van der Waals surface area contributed by atoms with Gasteiger partial charge in [0.05, 0.1) is 0 Å². The molecule has 3 rings (SSSR count). The molecule has 29 heavy (non-hydrogen) atoms. The first kappa shape index (κ1) is 20.6. The first-order chi connectivity index (χ1) is 14.0. The molecular formula is C23H27N3O3. The molecule has 0 radical (unpaired) electrons. The Morgan fingerprint density at radius 1 is 1.07 bits per heavy atom. The highest BCUT2D eigenvalue weighted by Gasteiger charge is 2.52. The van der Waals surface area contributed by atoms with Gasteiger partial charge in [-0.05, 0) is 36.5 Å². The molecule has 1 aliphatic rings. The zero-order valence-electron chi connectivity index (χ0n) is 16.9. The summed E-state index contributed by atoms with van der Waals surface area (Å²) in [5, 5.41) is 5.65. The Morgan fingerprint density at radius 3 is 2.45 bits per heavy atom. The van der Waals surface area contributed by atoms with Gasteiger partial charge in [-0.3, -0.25) is 14.5 Å². The Morgan fingerprint density at radius 2 is 1.76 bits per heavy atom. The third kappa shape index (κ3) is 4.31. The number of benzene rings is 2. The summed E-state index contributed by atoms with van der Waals surface area (Å²) in [7, 11) is 0. The lowest BCUT2D eigenvalue weighted by molar-refractivity contribution is -0.135. The third-order valence-electron chi connectivity index (χ3n) is 5.35. The van der Waals surface area contributed by atoms with Crippen molar-refractivity contribution in [2.45, 2.75) is 38.6 Å². The minimum Gasteiger partial charge on any atom is -0.354 e. The monoisotopic (exact) mass is 393 g/mol. The minimum absolute atomic E-state index is 0.281. The van der Waals surface area contributed by atoms with Crippen molar-refractivity contribution in [1.29, 1.82) is 0 Å². The number of amides is 4. The Balaban J connectivity index is 1.65. The summed E-state index contributed by atoms with van der Waals surface area (Å²) in [5.41, 5.74) is 1.97. The standard InChI is InChI=1S/C23H27N3O3/c1-3-14-23(19-11-5-4-6-12-19)21(28)26(22(29)25-23)16-20(27)24-15-13-18-10-8-7-9-17(18)2/h4-12H,3,13-16H2,1-2H3,(H,24,27)(H,25,29)/t23-/m0/s1. The Kier molecular flexibility index (Phi) is 6.32. The topological polar surface area (TPSA) is 78.5 Å². The first-order valence-corrected chi connectivity index (χ1v) is 9.99. The summed E-state index contributed by atoms with van der Waals surface area (Å²) in [4.78, 5) is 39.1. The average Bonchev–Trinajstić information content (AvgIpc) is 2.95. The maximum atomic E-state index is 13.2. The van der Waals surface area contributed by atoms with Crippen LogP contribution in [0.25, 0.3) is 0 Å². The average molecular weight is 393 g/mol. The lowest BCUT2D eigenvalue weighted by Crippen LogP contribution is -2.45. The molecule has 6 heteroatoms. The molecule has 0 aromatic heterocycles. The van der Waals surface area contributed by atoms with E-state index in [9.17, 15) is 14.4 Å². The first-order valence-electron chi connectivity index (χ1n) is 9.99. The summed E-state index contributed by atoms with van der Waals surface area (Å²) in [6, 6.07) is 16.7. The molecule has 152 valence electrons. The van der Waals surface area contributed by atoms with Gasteiger partial charge < -0.3 is 10.6 Å². The predicted molar refractivity (Wildman–Crippen MR) is 111 cm³/mol. The molecule has 1 saturated heterocycles. The van der Waals surface area contributed by atoms with Gasteiger partial charge in [0.1, 0.15) is 12.1 Å². The van der Waals surface area contributed by atoms with Crippen LogP contribution in [0.4, 0.5) is 4.79 Å². The van der Waals surface area contributed by atoms with Crippen LogP contribution in [-0.2, 0) is 21.5 Å². The van der Waals surface area contributed by atoms with Crippen molar-refractivity contribution in [2.24, 2.45) is 0 Å². The molecule has 0 spiro atoms. The van der Waals surface area contributed by atoms with Gasteiger partial charge in [-0.2, -0.15) is 0 Å². The molecule has 6 nitrogen and oxygen atoms in total. The van der Waals surface area contributed by atoms with E-state index in [2.05, 4.69) is 10.6 Å². The number of nitrogens with zero attached hydrogens (tertiary/aromatic N) is 1. The third-order valence-corrected chi connectivity index (χ3v) is 5.35. The number of hydrogen-bond donors (Lipinski definition) is 2. The summed E-state index contributed by atoms with van der Waals surface area (Å²) in [5.74, 6) is -0.716. The minimum atomic E-state index is -1.10. The van der Waals surface area contributed by atoms with E-state index in [1.54, 1.807) is 0 Å². The smallest absolute Gasteiger partial charge is 0.325 e. The highest BCUT2D eigenvalue weighted by atomic mass is 16.2. The van der Waals surface area contributed by atoms with Gasteiger partial charge in [0, 0.05) is 6.54 Å². The molecule has 2 aromatic carbocycles. The summed E-state index contributed by atoms with van der Waals surface area (Å²) in [6.45, 7) is 4.16. The van der Waals surface area contributed by atoms with E-state index in [0.717, 1.165) is 22.4 Å². The van der Waals surface area contributed by atoms with Gasteiger partial charge in [-0.25, -0.2) is 4.79 Å². The number of nitrogens with one attached hydrogen (secondary N) is 2. The van der Waals surface area contributed by atoms with Crippen molar-refractivity contribution in [3.8, 4) is 0 Å². The number of hydrogen-bond acceptors (Lipinski definition) is 3. The second-order valence-electron chi connectivity index (χ2n) is 7.37. The van der Waals surface area contributed by atoms with Crippen molar-refractivity contribution >= 4 is 17.8 Å². The van der Waals surface area contributed by atoms with Crippen LogP contribution in [-0.4, -0.2) is 35.8 Å². The Labute approximate surface area is 171 Å². The van der Waals surface area contributed by atoms with Crippen LogP contribution in [0.15, 0.2) is 54.6 Å². The van der Waals surface area contributed by atoms with Gasteiger partial charge in [0.25, 0.3) is 5.91 Å². The second-order valence-corrected chi connectivity index (χ2v) is 7.37. The SMILES string of the molecule is CCC[C@@]1(c2ccccc2)NC(=O)N(CC(=O)NCCc2ccccc2C)C1=O. The van der Waals surface area contributed by atoms with Crippen molar-refractivity contribution in [3.63, 3.8) is 0 Å². The van der Waals surface area contributed by atoms with Crippen molar-refractivity contribution in [1.82, 2.24) is 15.5 Å². The summed E-state index contributed by atoms with van der Waals surface area (Å²) < 4.78 is 0. The highest BCUT2D eigenvalue weighted by molar-refractivity contribution is 6.09.